The van der Waals surface area contributed by atoms with E-state index in [9.17, 15) is 4.79 Å². The first-order valence-electron chi connectivity index (χ1n) is 5.40. The van der Waals surface area contributed by atoms with Gasteiger partial charge in [0, 0.05) is 4.91 Å². The zero-order valence-electron chi connectivity index (χ0n) is 9.06. The highest BCUT2D eigenvalue weighted by Crippen LogP contribution is 2.28. The summed E-state index contributed by atoms with van der Waals surface area (Å²) < 4.78 is 4.60. The predicted molar refractivity (Wildman–Crippen MR) is 62.9 cm³/mol. The van der Waals surface area contributed by atoms with Crippen LogP contribution in [0, 0.1) is 5.92 Å². The standard InChI is InChI=1S/C10H17N3O2.CH4/c1-15-10(14)9(12-13-11)7-8-5-3-2-4-6-8;/h8-9H,2-7H2,1H3;1H4. The van der Waals surface area contributed by atoms with Crippen LogP contribution in [0.5, 0.6) is 0 Å². The third-order valence-corrected chi connectivity index (χ3v) is 2.95. The van der Waals surface area contributed by atoms with Crippen LogP contribution in [0.4, 0.5) is 0 Å². The van der Waals surface area contributed by atoms with E-state index >= 15 is 0 Å². The van der Waals surface area contributed by atoms with Gasteiger partial charge in [-0.3, -0.25) is 4.79 Å². The summed E-state index contributed by atoms with van der Waals surface area (Å²) in [6.07, 6.45) is 6.62. The maximum atomic E-state index is 11.3. The van der Waals surface area contributed by atoms with Crippen molar-refractivity contribution in [1.82, 2.24) is 0 Å². The minimum atomic E-state index is -0.636. The summed E-state index contributed by atoms with van der Waals surface area (Å²) in [5.41, 5.74) is 8.36. The lowest BCUT2D eigenvalue weighted by atomic mass is 9.85. The zero-order chi connectivity index (χ0) is 11.1. The fourth-order valence-corrected chi connectivity index (χ4v) is 2.13. The van der Waals surface area contributed by atoms with Crippen molar-refractivity contribution in [2.75, 3.05) is 7.11 Å². The van der Waals surface area contributed by atoms with Crippen LogP contribution in [-0.2, 0) is 9.53 Å². The Labute approximate surface area is 96.8 Å². The SMILES string of the molecule is C.COC(=O)C(CC1CCCCC1)N=[N+]=[N-]. The molecule has 0 aromatic heterocycles. The van der Waals surface area contributed by atoms with Crippen molar-refractivity contribution in [3.8, 4) is 0 Å². The smallest absolute Gasteiger partial charge is 0.314 e. The molecule has 1 aliphatic carbocycles. The predicted octanol–water partition coefficient (Wildman–Crippen LogP) is 3.44. The number of methoxy groups -OCH3 is 1. The van der Waals surface area contributed by atoms with Gasteiger partial charge >= 0.3 is 5.97 Å². The molecule has 5 heteroatoms. The van der Waals surface area contributed by atoms with Crippen LogP contribution >= 0.6 is 0 Å². The quantitative estimate of drug-likeness (QED) is 0.319. The number of hydrogen-bond donors (Lipinski definition) is 0. The number of esters is 1. The Balaban J connectivity index is 0.00000225. The maximum absolute atomic E-state index is 11.3. The van der Waals surface area contributed by atoms with Crippen molar-refractivity contribution in [3.63, 3.8) is 0 Å². The third-order valence-electron chi connectivity index (χ3n) is 2.95. The Morgan fingerprint density at radius 1 is 1.50 bits per heavy atom. The fraction of sp³-hybridized carbons (Fsp3) is 0.909. The van der Waals surface area contributed by atoms with E-state index in [4.69, 9.17) is 5.53 Å². The lowest BCUT2D eigenvalue weighted by Crippen LogP contribution is -2.24. The van der Waals surface area contributed by atoms with E-state index in [0.717, 1.165) is 12.8 Å². The van der Waals surface area contributed by atoms with Gasteiger partial charge in [0.1, 0.15) is 6.04 Å². The number of carbonyl (C=O) groups is 1. The maximum Gasteiger partial charge on any atom is 0.314 e. The zero-order valence-corrected chi connectivity index (χ0v) is 9.06. The van der Waals surface area contributed by atoms with E-state index in [2.05, 4.69) is 14.8 Å². The summed E-state index contributed by atoms with van der Waals surface area (Å²) in [4.78, 5) is 14.0. The second-order valence-corrected chi connectivity index (χ2v) is 3.98. The van der Waals surface area contributed by atoms with E-state index in [1.165, 1.54) is 26.4 Å². The summed E-state index contributed by atoms with van der Waals surface area (Å²) in [6, 6.07) is -0.636. The number of nitrogens with zero attached hydrogens (tertiary/aromatic N) is 3. The van der Waals surface area contributed by atoms with Gasteiger partial charge in [-0.15, -0.1) is 0 Å². The third kappa shape index (κ3) is 4.53. The number of ether oxygens (including phenoxy) is 1. The van der Waals surface area contributed by atoms with E-state index in [1.54, 1.807) is 0 Å². The van der Waals surface area contributed by atoms with Crippen LogP contribution in [0.1, 0.15) is 46.0 Å². The van der Waals surface area contributed by atoms with Crippen LogP contribution < -0.4 is 0 Å². The average molecular weight is 227 g/mol. The number of rotatable bonds is 4. The molecule has 0 aromatic rings. The van der Waals surface area contributed by atoms with E-state index in [-0.39, 0.29) is 7.43 Å². The molecule has 0 radical (unpaired) electrons. The second-order valence-electron chi connectivity index (χ2n) is 3.98. The molecular weight excluding hydrogens is 206 g/mol. The fourth-order valence-electron chi connectivity index (χ4n) is 2.13. The lowest BCUT2D eigenvalue weighted by Gasteiger charge is -2.23. The van der Waals surface area contributed by atoms with Gasteiger partial charge in [-0.2, -0.15) is 0 Å². The number of hydrogen-bond acceptors (Lipinski definition) is 3. The molecule has 5 nitrogen and oxygen atoms in total. The molecule has 0 bridgehead atoms. The summed E-state index contributed by atoms with van der Waals surface area (Å²) in [5, 5.41) is 3.50. The molecule has 1 unspecified atom stereocenters. The molecule has 0 saturated heterocycles. The van der Waals surface area contributed by atoms with Gasteiger partial charge < -0.3 is 4.74 Å². The molecule has 0 N–H and O–H groups in total. The minimum absolute atomic E-state index is 0. The van der Waals surface area contributed by atoms with Crippen molar-refractivity contribution in [3.05, 3.63) is 10.4 Å². The minimum Gasteiger partial charge on any atom is -0.469 e. The molecule has 0 amide bonds. The molecule has 1 saturated carbocycles. The first-order chi connectivity index (χ1) is 7.27. The summed E-state index contributed by atoms with van der Waals surface area (Å²) in [7, 11) is 1.32. The molecule has 16 heavy (non-hydrogen) atoms. The molecule has 1 atom stereocenters. The monoisotopic (exact) mass is 227 g/mol. The van der Waals surface area contributed by atoms with Gasteiger partial charge in [-0.05, 0) is 17.9 Å². The van der Waals surface area contributed by atoms with Gasteiger partial charge in [0.15, 0.2) is 0 Å². The second kappa shape index (κ2) is 7.99. The first kappa shape index (κ1) is 14.8. The van der Waals surface area contributed by atoms with Crippen molar-refractivity contribution in [1.29, 1.82) is 0 Å². The van der Waals surface area contributed by atoms with Gasteiger partial charge in [-0.25, -0.2) is 0 Å². The lowest BCUT2D eigenvalue weighted by molar-refractivity contribution is -0.142. The highest BCUT2D eigenvalue weighted by molar-refractivity contribution is 5.75. The number of azide groups is 1. The average Bonchev–Trinajstić information content (AvgIpc) is 2.29. The summed E-state index contributed by atoms with van der Waals surface area (Å²) in [6.45, 7) is 0. The topological polar surface area (TPSA) is 75.1 Å². The molecular formula is C11H21N3O2. The van der Waals surface area contributed by atoms with Gasteiger partial charge in [0.2, 0.25) is 0 Å². The molecule has 92 valence electrons. The van der Waals surface area contributed by atoms with Gasteiger partial charge in [0.25, 0.3) is 0 Å². The summed E-state index contributed by atoms with van der Waals surface area (Å²) >= 11 is 0. The van der Waals surface area contributed by atoms with Crippen molar-refractivity contribution in [2.24, 2.45) is 11.0 Å². The Bertz CT molecular complexity index is 256. The Morgan fingerprint density at radius 3 is 2.62 bits per heavy atom. The van der Waals surface area contributed by atoms with Crippen LogP contribution in [-0.4, -0.2) is 19.1 Å². The normalized spacial score (nSPS) is 17.8. The molecule has 1 fully saturated rings. The van der Waals surface area contributed by atoms with Crippen molar-refractivity contribution in [2.45, 2.75) is 52.0 Å². The highest BCUT2D eigenvalue weighted by Gasteiger charge is 2.23. The molecule has 0 spiro atoms. The van der Waals surface area contributed by atoms with Crippen LogP contribution in [0.2, 0.25) is 0 Å². The molecule has 0 aromatic carbocycles. The largest absolute Gasteiger partial charge is 0.469 e. The first-order valence-corrected chi connectivity index (χ1v) is 5.40. The molecule has 0 heterocycles. The highest BCUT2D eigenvalue weighted by atomic mass is 16.5. The number of carbonyl (C=O) groups excluding carboxylic acids is 1. The molecule has 1 aliphatic rings. The van der Waals surface area contributed by atoms with Crippen molar-refractivity contribution < 1.29 is 9.53 Å². The Morgan fingerprint density at radius 2 is 2.12 bits per heavy atom. The van der Waals surface area contributed by atoms with Crippen LogP contribution in [0.25, 0.3) is 10.4 Å². The Kier molecular flexibility index (Phi) is 7.38. The Hall–Kier alpha value is -1.22. The van der Waals surface area contributed by atoms with E-state index in [1.807, 2.05) is 0 Å². The van der Waals surface area contributed by atoms with Crippen LogP contribution in [0.15, 0.2) is 5.11 Å². The van der Waals surface area contributed by atoms with Gasteiger partial charge in [-0.1, -0.05) is 44.6 Å². The van der Waals surface area contributed by atoms with Crippen LogP contribution in [0.3, 0.4) is 0 Å². The molecule has 0 aliphatic heterocycles. The molecule has 1 rings (SSSR count). The van der Waals surface area contributed by atoms with E-state index < -0.39 is 12.0 Å². The van der Waals surface area contributed by atoms with Crippen molar-refractivity contribution >= 4 is 5.97 Å². The summed E-state index contributed by atoms with van der Waals surface area (Å²) in [5.74, 6) is 0.0896. The van der Waals surface area contributed by atoms with Gasteiger partial charge in [0.05, 0.1) is 7.11 Å². The van der Waals surface area contributed by atoms with E-state index in [0.29, 0.717) is 12.3 Å².